The van der Waals surface area contributed by atoms with Crippen LogP contribution in [0.15, 0.2) is 30.3 Å². The van der Waals surface area contributed by atoms with E-state index in [1.807, 2.05) is 18.2 Å². The van der Waals surface area contributed by atoms with E-state index < -0.39 is 0 Å². The molecule has 5 heteroatoms. The van der Waals surface area contributed by atoms with Crippen LogP contribution in [0.25, 0.3) is 0 Å². The van der Waals surface area contributed by atoms with Crippen LogP contribution in [0.5, 0.6) is 0 Å². The third kappa shape index (κ3) is 3.63. The van der Waals surface area contributed by atoms with Gasteiger partial charge in [-0.25, -0.2) is 4.98 Å². The van der Waals surface area contributed by atoms with Crippen LogP contribution >= 0.6 is 0 Å². The molecule has 140 valence electrons. The molecule has 0 atom stereocenters. The van der Waals surface area contributed by atoms with Gasteiger partial charge in [-0.3, -0.25) is 0 Å². The summed E-state index contributed by atoms with van der Waals surface area (Å²) in [7, 11) is 0. The van der Waals surface area contributed by atoms with E-state index in [2.05, 4.69) is 42.3 Å². The van der Waals surface area contributed by atoms with Crippen LogP contribution in [0.4, 0.5) is 11.6 Å². The van der Waals surface area contributed by atoms with Crippen LogP contribution in [0.1, 0.15) is 48.9 Å². The van der Waals surface area contributed by atoms with Crippen LogP contribution in [0.2, 0.25) is 0 Å². The van der Waals surface area contributed by atoms with E-state index >= 15 is 0 Å². The smallest absolute Gasteiger partial charge is 0.146 e. The molecular weight excluding hydrogens is 336 g/mol. The Kier molecular flexibility index (Phi) is 4.75. The lowest BCUT2D eigenvalue weighted by Crippen LogP contribution is -2.34. The first-order chi connectivity index (χ1) is 13.1. The summed E-state index contributed by atoms with van der Waals surface area (Å²) in [5.74, 6) is 1.69. The minimum absolute atomic E-state index is 0.265. The average molecular weight is 362 g/mol. The maximum atomic E-state index is 9.91. The highest BCUT2D eigenvalue weighted by Crippen LogP contribution is 2.38. The molecule has 0 amide bonds. The Bertz CT molecular complexity index is 864. The normalized spacial score (nSPS) is 18.0. The van der Waals surface area contributed by atoms with Gasteiger partial charge in [0, 0.05) is 31.6 Å². The van der Waals surface area contributed by atoms with Gasteiger partial charge >= 0.3 is 0 Å². The molecule has 1 aromatic heterocycles. The number of fused-ring (bicyclic) bond motifs is 1. The first kappa shape index (κ1) is 17.8. The minimum atomic E-state index is -0.265. The van der Waals surface area contributed by atoms with Crippen molar-refractivity contribution in [2.45, 2.75) is 51.9 Å². The molecule has 5 nitrogen and oxygen atoms in total. The molecule has 1 N–H and O–H groups in total. The summed E-state index contributed by atoms with van der Waals surface area (Å²) in [5.41, 5.74) is 3.77. The van der Waals surface area contributed by atoms with Gasteiger partial charge in [0.2, 0.25) is 0 Å². The number of nitrogens with one attached hydrogen (secondary N) is 1. The minimum Gasteiger partial charge on any atom is -0.370 e. The van der Waals surface area contributed by atoms with Crippen LogP contribution in [0, 0.1) is 11.3 Å². The summed E-state index contributed by atoms with van der Waals surface area (Å²) in [6, 6.07) is 12.6. The second kappa shape index (κ2) is 7.21. The number of hydrogen-bond acceptors (Lipinski definition) is 5. The van der Waals surface area contributed by atoms with Crippen LogP contribution in [0.3, 0.4) is 0 Å². The van der Waals surface area contributed by atoms with E-state index in [-0.39, 0.29) is 5.60 Å². The Balaban J connectivity index is 1.75. The number of nitrogens with zero attached hydrogens (tertiary/aromatic N) is 3. The molecule has 0 unspecified atom stereocenters. The first-order valence-electron chi connectivity index (χ1n) is 9.70. The summed E-state index contributed by atoms with van der Waals surface area (Å²) >= 11 is 0. The molecule has 4 rings (SSSR count). The molecule has 1 saturated heterocycles. The predicted octanol–water partition coefficient (Wildman–Crippen LogP) is 4.02. The molecule has 1 aromatic carbocycles. The molecule has 2 aliphatic rings. The van der Waals surface area contributed by atoms with Gasteiger partial charge in [-0.05, 0) is 37.8 Å². The second-order valence-electron chi connectivity index (χ2n) is 7.99. The first-order valence-corrected chi connectivity index (χ1v) is 9.70. The molecule has 0 spiro atoms. The maximum Gasteiger partial charge on any atom is 0.146 e. The monoisotopic (exact) mass is 362 g/mol. The fourth-order valence-corrected chi connectivity index (χ4v) is 3.97. The summed E-state index contributed by atoms with van der Waals surface area (Å²) in [6.45, 7) is 7.39. The number of aromatic nitrogens is 1. The molecule has 0 bridgehead atoms. The molecular formula is C22H26N4O. The molecule has 27 heavy (non-hydrogen) atoms. The van der Waals surface area contributed by atoms with Crippen molar-refractivity contribution >= 4 is 11.6 Å². The SMILES string of the molecule is CC1(C)Cc2c(C#N)c(NCc3ccccc3)nc(N3CCCC3)c2CO1. The third-order valence-electron chi connectivity index (χ3n) is 5.42. The molecule has 2 aliphatic heterocycles. The van der Waals surface area contributed by atoms with Gasteiger partial charge in [-0.15, -0.1) is 0 Å². The second-order valence-corrected chi connectivity index (χ2v) is 7.99. The van der Waals surface area contributed by atoms with Crippen molar-refractivity contribution in [2.24, 2.45) is 0 Å². The number of benzene rings is 1. The van der Waals surface area contributed by atoms with Crippen LogP contribution < -0.4 is 10.2 Å². The van der Waals surface area contributed by atoms with Gasteiger partial charge in [0.05, 0.1) is 17.8 Å². The molecule has 1 fully saturated rings. The Morgan fingerprint density at radius 1 is 1.19 bits per heavy atom. The molecule has 0 aliphatic carbocycles. The van der Waals surface area contributed by atoms with Gasteiger partial charge < -0.3 is 15.0 Å². The fourth-order valence-electron chi connectivity index (χ4n) is 3.97. The number of nitriles is 1. The van der Waals surface area contributed by atoms with Crippen molar-refractivity contribution in [1.82, 2.24) is 4.98 Å². The van der Waals surface area contributed by atoms with Crippen molar-refractivity contribution in [3.05, 3.63) is 52.6 Å². The average Bonchev–Trinajstić information content (AvgIpc) is 3.20. The molecule has 3 heterocycles. The van der Waals surface area contributed by atoms with Crippen molar-refractivity contribution in [3.63, 3.8) is 0 Å². The largest absolute Gasteiger partial charge is 0.370 e. The summed E-state index contributed by atoms with van der Waals surface area (Å²) in [6.07, 6.45) is 3.11. The zero-order chi connectivity index (χ0) is 18.9. The lowest BCUT2D eigenvalue weighted by molar-refractivity contribution is -0.0400. The number of pyridine rings is 1. The zero-order valence-corrected chi connectivity index (χ0v) is 16.1. The fraction of sp³-hybridized carbons (Fsp3) is 0.455. The van der Waals surface area contributed by atoms with E-state index in [4.69, 9.17) is 9.72 Å². The summed E-state index contributed by atoms with van der Waals surface area (Å²) in [4.78, 5) is 7.26. The topological polar surface area (TPSA) is 61.2 Å². The van der Waals surface area contributed by atoms with Crippen molar-refractivity contribution in [3.8, 4) is 6.07 Å². The predicted molar refractivity (Wildman–Crippen MR) is 107 cm³/mol. The van der Waals surface area contributed by atoms with Crippen molar-refractivity contribution in [2.75, 3.05) is 23.3 Å². The van der Waals surface area contributed by atoms with Crippen LogP contribution in [-0.4, -0.2) is 23.7 Å². The lowest BCUT2D eigenvalue weighted by Gasteiger charge is -2.35. The van der Waals surface area contributed by atoms with Gasteiger partial charge in [0.1, 0.15) is 17.7 Å². The Morgan fingerprint density at radius 3 is 2.63 bits per heavy atom. The molecule has 0 radical (unpaired) electrons. The van der Waals surface area contributed by atoms with E-state index in [1.165, 1.54) is 18.4 Å². The lowest BCUT2D eigenvalue weighted by atomic mass is 9.89. The third-order valence-corrected chi connectivity index (χ3v) is 5.42. The Morgan fingerprint density at radius 2 is 1.93 bits per heavy atom. The van der Waals surface area contributed by atoms with Crippen LogP contribution in [-0.2, 0) is 24.3 Å². The molecule has 2 aromatic rings. The van der Waals surface area contributed by atoms with Crippen molar-refractivity contribution in [1.29, 1.82) is 5.26 Å². The van der Waals surface area contributed by atoms with E-state index in [0.717, 1.165) is 36.5 Å². The Labute approximate surface area is 161 Å². The Hall–Kier alpha value is -2.58. The standard InChI is InChI=1S/C22H26N4O/c1-22(2)12-17-18(13-23)20(24-14-16-8-4-3-5-9-16)25-21(19(17)15-27-22)26-10-6-7-11-26/h3-5,8-9H,6-7,10-12,14-15H2,1-2H3,(H,24,25). The van der Waals surface area contributed by atoms with Crippen molar-refractivity contribution < 1.29 is 4.74 Å². The van der Waals surface area contributed by atoms with E-state index in [1.54, 1.807) is 0 Å². The zero-order valence-electron chi connectivity index (χ0n) is 16.1. The quantitative estimate of drug-likeness (QED) is 0.890. The van der Waals surface area contributed by atoms with E-state index in [0.29, 0.717) is 24.5 Å². The van der Waals surface area contributed by atoms with E-state index in [9.17, 15) is 5.26 Å². The van der Waals surface area contributed by atoms with Gasteiger partial charge in [-0.1, -0.05) is 30.3 Å². The van der Waals surface area contributed by atoms with Gasteiger partial charge in [-0.2, -0.15) is 5.26 Å². The number of rotatable bonds is 4. The molecule has 0 saturated carbocycles. The highest BCUT2D eigenvalue weighted by molar-refractivity contribution is 5.67. The maximum absolute atomic E-state index is 9.91. The number of anilines is 2. The highest BCUT2D eigenvalue weighted by atomic mass is 16.5. The number of ether oxygens (including phenoxy) is 1. The summed E-state index contributed by atoms with van der Waals surface area (Å²) in [5, 5.41) is 13.3. The highest BCUT2D eigenvalue weighted by Gasteiger charge is 2.33. The van der Waals surface area contributed by atoms with Gasteiger partial charge in [0.15, 0.2) is 0 Å². The van der Waals surface area contributed by atoms with Gasteiger partial charge in [0.25, 0.3) is 0 Å². The summed E-state index contributed by atoms with van der Waals surface area (Å²) < 4.78 is 6.06. The number of hydrogen-bond donors (Lipinski definition) is 1.